The first-order valence-electron chi connectivity index (χ1n) is 5.24. The van der Waals surface area contributed by atoms with E-state index in [1.807, 2.05) is 44.2 Å². The molecule has 0 aliphatic heterocycles. The summed E-state index contributed by atoms with van der Waals surface area (Å²) < 4.78 is 0. The Morgan fingerprint density at radius 3 is 2.47 bits per heavy atom. The molecule has 0 aliphatic rings. The second-order valence-electron chi connectivity index (χ2n) is 3.66. The largest absolute Gasteiger partial charge is 0.299 e. The van der Waals surface area contributed by atoms with E-state index in [-0.39, 0.29) is 17.6 Å². The fourth-order valence-corrected chi connectivity index (χ4v) is 1.70. The van der Waals surface area contributed by atoms with Gasteiger partial charge in [0.15, 0.2) is 0 Å². The van der Waals surface area contributed by atoms with Gasteiger partial charge in [0.1, 0.15) is 5.78 Å². The highest BCUT2D eigenvalue weighted by Gasteiger charge is 2.21. The minimum absolute atomic E-state index is 0.0950. The Kier molecular flexibility index (Phi) is 4.12. The Morgan fingerprint density at radius 1 is 1.40 bits per heavy atom. The lowest BCUT2D eigenvalue weighted by Crippen LogP contribution is -2.17. The van der Waals surface area contributed by atoms with Crippen LogP contribution in [0.25, 0.3) is 0 Å². The summed E-state index contributed by atoms with van der Waals surface area (Å²) >= 11 is 0. The second-order valence-corrected chi connectivity index (χ2v) is 3.66. The van der Waals surface area contributed by atoms with E-state index in [1.165, 1.54) is 0 Å². The van der Waals surface area contributed by atoms with Crippen molar-refractivity contribution in [2.45, 2.75) is 26.2 Å². The van der Waals surface area contributed by atoms with Gasteiger partial charge in [-0.15, -0.1) is 6.42 Å². The molecular weight excluding hydrogens is 184 g/mol. The lowest BCUT2D eigenvalue weighted by Gasteiger charge is -2.17. The second kappa shape index (κ2) is 5.36. The Balaban J connectivity index is 2.91. The van der Waals surface area contributed by atoms with Crippen molar-refractivity contribution in [3.05, 3.63) is 35.9 Å². The molecule has 15 heavy (non-hydrogen) atoms. The molecule has 1 aromatic rings. The fraction of sp³-hybridized carbons (Fsp3) is 0.357. The molecule has 0 radical (unpaired) electrons. The van der Waals surface area contributed by atoms with Crippen LogP contribution >= 0.6 is 0 Å². The van der Waals surface area contributed by atoms with Crippen molar-refractivity contribution in [3.63, 3.8) is 0 Å². The Hall–Kier alpha value is -1.55. The molecule has 0 heterocycles. The van der Waals surface area contributed by atoms with E-state index in [1.54, 1.807) is 0 Å². The van der Waals surface area contributed by atoms with Gasteiger partial charge in [0, 0.05) is 12.3 Å². The molecule has 0 saturated heterocycles. The van der Waals surface area contributed by atoms with Crippen molar-refractivity contribution < 1.29 is 4.79 Å². The number of rotatable bonds is 4. The maximum atomic E-state index is 11.6. The van der Waals surface area contributed by atoms with Gasteiger partial charge in [-0.25, -0.2) is 0 Å². The third-order valence-corrected chi connectivity index (χ3v) is 2.69. The van der Waals surface area contributed by atoms with Gasteiger partial charge >= 0.3 is 0 Å². The predicted molar refractivity (Wildman–Crippen MR) is 62.5 cm³/mol. The summed E-state index contributed by atoms with van der Waals surface area (Å²) in [5.41, 5.74) is 1.05. The molecule has 0 saturated carbocycles. The van der Waals surface area contributed by atoms with Crippen LogP contribution in [0.5, 0.6) is 0 Å². The highest BCUT2D eigenvalue weighted by atomic mass is 16.1. The number of carbonyl (C=O) groups excluding carboxylic acids is 1. The van der Waals surface area contributed by atoms with Gasteiger partial charge in [0.25, 0.3) is 0 Å². The van der Waals surface area contributed by atoms with E-state index in [0.29, 0.717) is 6.42 Å². The van der Waals surface area contributed by atoms with Crippen molar-refractivity contribution >= 4 is 5.78 Å². The van der Waals surface area contributed by atoms with E-state index in [4.69, 9.17) is 6.42 Å². The van der Waals surface area contributed by atoms with Crippen LogP contribution in [-0.2, 0) is 4.79 Å². The van der Waals surface area contributed by atoms with Crippen LogP contribution in [0, 0.1) is 18.3 Å². The summed E-state index contributed by atoms with van der Waals surface area (Å²) in [6, 6.07) is 9.79. The van der Waals surface area contributed by atoms with Crippen LogP contribution in [0.1, 0.15) is 31.7 Å². The summed E-state index contributed by atoms with van der Waals surface area (Å²) in [4.78, 5) is 11.6. The molecule has 78 valence electrons. The summed E-state index contributed by atoms with van der Waals surface area (Å²) in [6.45, 7) is 3.78. The van der Waals surface area contributed by atoms with Crippen molar-refractivity contribution in [2.24, 2.45) is 5.92 Å². The average Bonchev–Trinajstić information content (AvgIpc) is 2.30. The van der Waals surface area contributed by atoms with Crippen LogP contribution in [0.2, 0.25) is 0 Å². The van der Waals surface area contributed by atoms with E-state index in [9.17, 15) is 4.79 Å². The SMILES string of the molecule is C#CC(c1ccccc1)C(C)C(=O)CC. The standard InChI is InChI=1S/C14H16O/c1-4-13(11(3)14(15)5-2)12-9-7-6-8-10-12/h1,6-11,13H,5H2,2-3H3. The minimum atomic E-state index is -0.0985. The first-order valence-corrected chi connectivity index (χ1v) is 5.24. The number of terminal acetylenes is 1. The molecule has 0 amide bonds. The zero-order valence-electron chi connectivity index (χ0n) is 9.23. The highest BCUT2D eigenvalue weighted by molar-refractivity contribution is 5.81. The Labute approximate surface area is 91.5 Å². The van der Waals surface area contributed by atoms with Gasteiger partial charge in [0.2, 0.25) is 0 Å². The van der Waals surface area contributed by atoms with Gasteiger partial charge in [-0.05, 0) is 5.56 Å². The van der Waals surface area contributed by atoms with E-state index in [2.05, 4.69) is 5.92 Å². The predicted octanol–water partition coefficient (Wildman–Crippen LogP) is 3.02. The Bertz CT molecular complexity index is 359. The van der Waals surface area contributed by atoms with Crippen LogP contribution in [0.3, 0.4) is 0 Å². The molecule has 2 unspecified atom stereocenters. The van der Waals surface area contributed by atoms with Crippen LogP contribution < -0.4 is 0 Å². The molecule has 0 aliphatic carbocycles. The number of carbonyl (C=O) groups is 1. The van der Waals surface area contributed by atoms with Gasteiger partial charge in [0.05, 0.1) is 5.92 Å². The summed E-state index contributed by atoms with van der Waals surface area (Å²) in [5.74, 6) is 2.74. The first kappa shape index (κ1) is 11.5. The average molecular weight is 200 g/mol. The summed E-state index contributed by atoms with van der Waals surface area (Å²) in [6.07, 6.45) is 6.04. The number of hydrogen-bond acceptors (Lipinski definition) is 1. The summed E-state index contributed by atoms with van der Waals surface area (Å²) in [5, 5.41) is 0. The maximum Gasteiger partial charge on any atom is 0.136 e. The molecule has 1 rings (SSSR count). The fourth-order valence-electron chi connectivity index (χ4n) is 1.70. The topological polar surface area (TPSA) is 17.1 Å². The van der Waals surface area contributed by atoms with Gasteiger partial charge in [-0.2, -0.15) is 0 Å². The maximum absolute atomic E-state index is 11.6. The van der Waals surface area contributed by atoms with Crippen LogP contribution in [0.15, 0.2) is 30.3 Å². The van der Waals surface area contributed by atoms with Crippen molar-refractivity contribution in [1.82, 2.24) is 0 Å². The molecule has 0 fully saturated rings. The first-order chi connectivity index (χ1) is 7.20. The van der Waals surface area contributed by atoms with E-state index < -0.39 is 0 Å². The van der Waals surface area contributed by atoms with Crippen molar-refractivity contribution in [2.75, 3.05) is 0 Å². The number of ketones is 1. The molecular formula is C14H16O. The minimum Gasteiger partial charge on any atom is -0.299 e. The van der Waals surface area contributed by atoms with Gasteiger partial charge in [-0.1, -0.05) is 50.1 Å². The lowest BCUT2D eigenvalue weighted by molar-refractivity contribution is -0.122. The molecule has 0 bridgehead atoms. The third-order valence-electron chi connectivity index (χ3n) is 2.69. The van der Waals surface area contributed by atoms with Gasteiger partial charge in [-0.3, -0.25) is 4.79 Å². The molecule has 0 N–H and O–H groups in total. The highest BCUT2D eigenvalue weighted by Crippen LogP contribution is 2.25. The monoisotopic (exact) mass is 200 g/mol. The summed E-state index contributed by atoms with van der Waals surface area (Å²) in [7, 11) is 0. The molecule has 1 aromatic carbocycles. The molecule has 0 spiro atoms. The zero-order valence-corrected chi connectivity index (χ0v) is 9.23. The molecule has 1 heteroatoms. The van der Waals surface area contributed by atoms with Crippen molar-refractivity contribution in [1.29, 1.82) is 0 Å². The zero-order chi connectivity index (χ0) is 11.3. The lowest BCUT2D eigenvalue weighted by atomic mass is 9.84. The van der Waals surface area contributed by atoms with Crippen LogP contribution in [-0.4, -0.2) is 5.78 Å². The van der Waals surface area contributed by atoms with E-state index in [0.717, 1.165) is 5.56 Å². The number of hydrogen-bond donors (Lipinski definition) is 0. The van der Waals surface area contributed by atoms with Crippen LogP contribution in [0.4, 0.5) is 0 Å². The number of Topliss-reactive ketones (excluding diaryl/α,β-unsaturated/α-hetero) is 1. The normalized spacial score (nSPS) is 13.9. The quantitative estimate of drug-likeness (QED) is 0.683. The van der Waals surface area contributed by atoms with E-state index >= 15 is 0 Å². The molecule has 0 aromatic heterocycles. The molecule has 1 nitrogen and oxygen atoms in total. The molecule has 2 atom stereocenters. The number of benzene rings is 1. The smallest absolute Gasteiger partial charge is 0.136 e. The Morgan fingerprint density at radius 2 is 2.00 bits per heavy atom. The third kappa shape index (κ3) is 2.70. The van der Waals surface area contributed by atoms with Crippen molar-refractivity contribution in [3.8, 4) is 12.3 Å². The van der Waals surface area contributed by atoms with Gasteiger partial charge < -0.3 is 0 Å².